The zero-order valence-corrected chi connectivity index (χ0v) is 5.02. The lowest BCUT2D eigenvalue weighted by Crippen LogP contribution is -2.02. The summed E-state index contributed by atoms with van der Waals surface area (Å²) in [6.07, 6.45) is 0. The van der Waals surface area contributed by atoms with Gasteiger partial charge in [-0.05, 0) is 0 Å². The van der Waals surface area contributed by atoms with Crippen LogP contribution in [0.3, 0.4) is 0 Å². The van der Waals surface area contributed by atoms with Crippen LogP contribution in [0, 0.1) is 0 Å². The third kappa shape index (κ3) is 4.55. The molecule has 6 heteroatoms. The van der Waals surface area contributed by atoms with E-state index in [-0.39, 0.29) is 0 Å². The van der Waals surface area contributed by atoms with Crippen LogP contribution in [0.1, 0.15) is 0 Å². The van der Waals surface area contributed by atoms with Crippen molar-refractivity contribution in [2.24, 2.45) is 0 Å². The molecule has 0 atom stereocenters. The summed E-state index contributed by atoms with van der Waals surface area (Å²) in [5, 5.41) is 0. The van der Waals surface area contributed by atoms with E-state index in [0.29, 0.717) is 0 Å². The van der Waals surface area contributed by atoms with Gasteiger partial charge in [0.05, 0.1) is 0 Å². The Hall–Kier alpha value is 0.550. The Morgan fingerprint density at radius 2 is 1.83 bits per heavy atom. The molecule has 6 heavy (non-hydrogen) atoms. The molecule has 0 unspecified atom stereocenters. The summed E-state index contributed by atoms with van der Waals surface area (Å²) < 4.78 is 20.7. The molecule has 0 aromatic rings. The molecule has 0 aliphatic heterocycles. The van der Waals surface area contributed by atoms with Crippen molar-refractivity contribution >= 4 is 32.7 Å². The van der Waals surface area contributed by atoms with E-state index in [4.69, 9.17) is 0 Å². The van der Waals surface area contributed by atoms with E-state index in [0.717, 1.165) is 0 Å². The molecule has 0 saturated heterocycles. The predicted molar refractivity (Wildman–Crippen MR) is 26.9 cm³/mol. The zero-order chi connectivity index (χ0) is 5.21. The van der Waals surface area contributed by atoms with Crippen molar-refractivity contribution in [2.75, 3.05) is 0 Å². The molecule has 0 rings (SSSR count). The average molecular weight is 148 g/mol. The Morgan fingerprint density at radius 1 is 1.67 bits per heavy atom. The minimum atomic E-state index is -3.58. The van der Waals surface area contributed by atoms with E-state index in [9.17, 15) is 8.42 Å². The second-order valence-corrected chi connectivity index (χ2v) is 3.35. The minimum absolute atomic E-state index is 1.54. The highest BCUT2D eigenvalue weighted by Gasteiger charge is 1.94. The second-order valence-electron chi connectivity index (χ2n) is 0.529. The summed E-state index contributed by atoms with van der Waals surface area (Å²) in [6.45, 7) is 0. The van der Waals surface area contributed by atoms with Gasteiger partial charge in [-0.2, -0.15) is 8.42 Å². The van der Waals surface area contributed by atoms with Crippen LogP contribution in [-0.2, 0) is 9.24 Å². The predicted octanol–water partition coefficient (Wildman–Crippen LogP) is -0.0956. The van der Waals surface area contributed by atoms with Gasteiger partial charge >= 0.3 is 9.24 Å². The van der Waals surface area contributed by atoms with Gasteiger partial charge in [0, 0.05) is 10.7 Å². The maximum atomic E-state index is 9.58. The van der Waals surface area contributed by atoms with Gasteiger partial charge in [-0.3, -0.25) is 0 Å². The molecule has 0 spiro atoms. The van der Waals surface area contributed by atoms with Gasteiger partial charge in [-0.15, -0.1) is 4.13 Å². The Labute approximate surface area is 45.8 Å². The van der Waals surface area contributed by atoms with E-state index in [2.05, 4.69) is 23.5 Å². The molecule has 0 bridgehead atoms. The standard InChI is InChI=1S/ClH2NO2S2/c1-6(3,4)2-5/h2,5H. The number of thiol groups is 1. The Kier molecular flexibility index (Phi) is 2.20. The van der Waals surface area contributed by atoms with Crippen molar-refractivity contribution < 1.29 is 8.42 Å². The van der Waals surface area contributed by atoms with Crippen LogP contribution in [0.25, 0.3) is 0 Å². The first-order chi connectivity index (χ1) is 2.56. The van der Waals surface area contributed by atoms with Gasteiger partial charge in [0.2, 0.25) is 0 Å². The Balaban J connectivity index is 3.85. The van der Waals surface area contributed by atoms with Crippen LogP contribution in [0.5, 0.6) is 0 Å². The summed E-state index contributed by atoms with van der Waals surface area (Å²) in [5.74, 6) is 0. The molecular formula is H2ClNO2S2. The molecule has 0 aromatic carbocycles. The number of hydrogen-bond acceptors (Lipinski definition) is 3. The SMILES string of the molecule is O=S(=O)(Cl)NS. The topological polar surface area (TPSA) is 46.2 Å². The molecule has 0 saturated carbocycles. The third-order valence-electron chi connectivity index (χ3n) is 0.109. The fraction of sp³-hybridized carbons (Fsp3) is 0. The summed E-state index contributed by atoms with van der Waals surface area (Å²) in [6, 6.07) is 0. The van der Waals surface area contributed by atoms with Crippen LogP contribution >= 0.6 is 23.5 Å². The molecule has 0 amide bonds. The molecule has 1 N–H and O–H groups in total. The summed E-state index contributed by atoms with van der Waals surface area (Å²) in [5.41, 5.74) is 0. The lowest BCUT2D eigenvalue weighted by molar-refractivity contribution is 0.608. The minimum Gasteiger partial charge on any atom is -0.194 e. The second kappa shape index (κ2) is 2.02. The van der Waals surface area contributed by atoms with Crippen LogP contribution in [0.4, 0.5) is 0 Å². The highest BCUT2D eigenvalue weighted by Crippen LogP contribution is 1.87. The van der Waals surface area contributed by atoms with Gasteiger partial charge in [-0.25, -0.2) is 0 Å². The molecule has 0 aromatic heterocycles. The molecule has 0 heterocycles. The monoisotopic (exact) mass is 147 g/mol. The van der Waals surface area contributed by atoms with Crippen molar-refractivity contribution in [1.82, 2.24) is 4.13 Å². The molecule has 0 aliphatic rings. The van der Waals surface area contributed by atoms with Gasteiger partial charge in [-0.1, -0.05) is 12.8 Å². The fourth-order valence-electron chi connectivity index (χ4n) is 0. The summed E-state index contributed by atoms with van der Waals surface area (Å²) in [7, 11) is 0.927. The number of halogens is 1. The normalized spacial score (nSPS) is 11.7. The van der Waals surface area contributed by atoms with E-state index in [1.165, 1.54) is 4.13 Å². The van der Waals surface area contributed by atoms with Crippen molar-refractivity contribution in [3.8, 4) is 0 Å². The molecule has 38 valence electrons. The molecule has 0 radical (unpaired) electrons. The van der Waals surface area contributed by atoms with Crippen LogP contribution in [-0.4, -0.2) is 8.42 Å². The first kappa shape index (κ1) is 6.55. The first-order valence-corrected chi connectivity index (χ1v) is 3.67. The maximum absolute atomic E-state index is 9.58. The van der Waals surface area contributed by atoms with Crippen LogP contribution in [0.15, 0.2) is 0 Å². The smallest absolute Gasteiger partial charge is 0.194 e. The molecule has 3 nitrogen and oxygen atoms in total. The van der Waals surface area contributed by atoms with E-state index < -0.39 is 9.24 Å². The lowest BCUT2D eigenvalue weighted by atomic mass is 13.9. The van der Waals surface area contributed by atoms with E-state index in [1.54, 1.807) is 0 Å². The lowest BCUT2D eigenvalue weighted by Gasteiger charge is -1.80. The Morgan fingerprint density at radius 3 is 1.83 bits per heavy atom. The van der Waals surface area contributed by atoms with Crippen molar-refractivity contribution in [2.45, 2.75) is 0 Å². The highest BCUT2D eigenvalue weighted by molar-refractivity contribution is 8.17. The summed E-state index contributed by atoms with van der Waals surface area (Å²) >= 11 is 3.13. The fourth-order valence-corrected chi connectivity index (χ4v) is 0. The van der Waals surface area contributed by atoms with Gasteiger partial charge < -0.3 is 0 Å². The largest absolute Gasteiger partial charge is 0.306 e. The average Bonchev–Trinajstić information content (AvgIpc) is 1.35. The number of nitrogens with one attached hydrogen (secondary N) is 1. The molecule has 0 fully saturated rings. The number of rotatable bonds is 1. The third-order valence-corrected chi connectivity index (χ3v) is 1.60. The van der Waals surface area contributed by atoms with Crippen LogP contribution < -0.4 is 4.13 Å². The molecule has 0 aliphatic carbocycles. The van der Waals surface area contributed by atoms with Gasteiger partial charge in [0.25, 0.3) is 0 Å². The zero-order valence-electron chi connectivity index (χ0n) is 2.55. The van der Waals surface area contributed by atoms with Crippen LogP contribution in [0.2, 0.25) is 0 Å². The molecular weight excluding hydrogens is 146 g/mol. The Bertz CT molecular complexity index is 114. The summed E-state index contributed by atoms with van der Waals surface area (Å²) in [4.78, 5) is 0. The van der Waals surface area contributed by atoms with Crippen molar-refractivity contribution in [1.29, 1.82) is 0 Å². The van der Waals surface area contributed by atoms with E-state index in [1.807, 2.05) is 0 Å². The van der Waals surface area contributed by atoms with Gasteiger partial charge in [0.1, 0.15) is 0 Å². The van der Waals surface area contributed by atoms with E-state index >= 15 is 0 Å². The highest BCUT2D eigenvalue weighted by atomic mass is 35.7. The quantitative estimate of drug-likeness (QED) is 0.402. The number of hydrogen-bond donors (Lipinski definition) is 2. The van der Waals surface area contributed by atoms with Crippen molar-refractivity contribution in [3.05, 3.63) is 0 Å². The van der Waals surface area contributed by atoms with Gasteiger partial charge in [0.15, 0.2) is 0 Å². The first-order valence-electron chi connectivity index (χ1n) is 0.915. The maximum Gasteiger partial charge on any atom is 0.306 e. The van der Waals surface area contributed by atoms with Crippen molar-refractivity contribution in [3.63, 3.8) is 0 Å².